The Balaban J connectivity index is 2.52. The zero-order valence-corrected chi connectivity index (χ0v) is 9.45. The first kappa shape index (κ1) is 10.2. The molecule has 0 heterocycles. The molecular weight excluding hydrogens is 184 g/mol. The van der Waals surface area contributed by atoms with Gasteiger partial charge < -0.3 is 4.74 Å². The van der Waals surface area contributed by atoms with Crippen molar-refractivity contribution in [2.75, 3.05) is 7.11 Å². The van der Waals surface area contributed by atoms with Crippen molar-refractivity contribution in [3.63, 3.8) is 0 Å². The van der Waals surface area contributed by atoms with Gasteiger partial charge in [0.2, 0.25) is 0 Å². The Kier molecular flexibility index (Phi) is 2.74. The Labute approximate surface area is 90.7 Å². The zero-order valence-electron chi connectivity index (χ0n) is 9.45. The average molecular weight is 200 g/mol. The molecule has 0 aliphatic carbocycles. The number of ether oxygens (including phenoxy) is 1. The summed E-state index contributed by atoms with van der Waals surface area (Å²) >= 11 is 0. The number of hydrogen-bond donors (Lipinski definition) is 0. The molecule has 0 saturated carbocycles. The van der Waals surface area contributed by atoms with Gasteiger partial charge in [-0.05, 0) is 36.2 Å². The summed E-state index contributed by atoms with van der Waals surface area (Å²) in [5.41, 5.74) is 2.53. The summed E-state index contributed by atoms with van der Waals surface area (Å²) in [5.74, 6) is 0. The lowest BCUT2D eigenvalue weighted by molar-refractivity contribution is 0.119. The molecule has 1 heteroatoms. The molecule has 1 unspecified atom stereocenters. The summed E-state index contributed by atoms with van der Waals surface area (Å²) in [5, 5.41) is 2.57. The molecule has 1 atom stereocenters. The van der Waals surface area contributed by atoms with Gasteiger partial charge in [0.15, 0.2) is 0 Å². The van der Waals surface area contributed by atoms with Gasteiger partial charge in [0.25, 0.3) is 0 Å². The molecule has 2 rings (SSSR count). The minimum atomic E-state index is 0.163. The fraction of sp³-hybridized carbons (Fsp3) is 0.286. The van der Waals surface area contributed by atoms with E-state index in [1.807, 2.05) is 0 Å². The Morgan fingerprint density at radius 3 is 2.40 bits per heavy atom. The molecule has 0 N–H and O–H groups in total. The molecule has 0 radical (unpaired) electrons. The molecule has 0 aliphatic heterocycles. The summed E-state index contributed by atoms with van der Waals surface area (Å²) in [7, 11) is 1.74. The van der Waals surface area contributed by atoms with Crippen molar-refractivity contribution in [2.45, 2.75) is 20.0 Å². The van der Waals surface area contributed by atoms with E-state index < -0.39 is 0 Å². The second-order valence-corrected chi connectivity index (χ2v) is 3.99. The monoisotopic (exact) mass is 200 g/mol. The van der Waals surface area contributed by atoms with Crippen LogP contribution >= 0.6 is 0 Å². The van der Waals surface area contributed by atoms with Crippen molar-refractivity contribution < 1.29 is 4.74 Å². The molecule has 0 spiro atoms. The molecule has 78 valence electrons. The molecule has 0 fully saturated rings. The van der Waals surface area contributed by atoms with Gasteiger partial charge in [-0.3, -0.25) is 0 Å². The number of fused-ring (bicyclic) bond motifs is 1. The molecule has 0 saturated heterocycles. The first-order chi connectivity index (χ1) is 7.20. The van der Waals surface area contributed by atoms with Gasteiger partial charge in [0, 0.05) is 7.11 Å². The molecule has 0 aliphatic rings. The Morgan fingerprint density at radius 2 is 1.67 bits per heavy atom. The van der Waals surface area contributed by atoms with Crippen molar-refractivity contribution in [2.24, 2.45) is 0 Å². The zero-order chi connectivity index (χ0) is 10.8. The van der Waals surface area contributed by atoms with Crippen LogP contribution in [0, 0.1) is 6.92 Å². The molecule has 15 heavy (non-hydrogen) atoms. The topological polar surface area (TPSA) is 9.23 Å². The maximum Gasteiger partial charge on any atom is 0.0793 e. The largest absolute Gasteiger partial charge is 0.377 e. The third kappa shape index (κ3) is 2.02. The van der Waals surface area contributed by atoms with Crippen LogP contribution in [0.25, 0.3) is 10.8 Å². The van der Waals surface area contributed by atoms with Gasteiger partial charge in [-0.2, -0.15) is 0 Å². The summed E-state index contributed by atoms with van der Waals surface area (Å²) in [6.07, 6.45) is 0.163. The smallest absolute Gasteiger partial charge is 0.0793 e. The molecule has 2 aromatic carbocycles. The molecule has 1 nitrogen and oxygen atoms in total. The molecule has 0 amide bonds. The highest BCUT2D eigenvalue weighted by Crippen LogP contribution is 2.22. The van der Waals surface area contributed by atoms with Gasteiger partial charge in [-0.15, -0.1) is 0 Å². The predicted octanol–water partition coefficient (Wildman–Crippen LogP) is 3.86. The quantitative estimate of drug-likeness (QED) is 0.715. The lowest BCUT2D eigenvalue weighted by Crippen LogP contribution is -1.95. The Hall–Kier alpha value is -1.34. The highest BCUT2D eigenvalue weighted by Gasteiger charge is 2.03. The third-order valence-corrected chi connectivity index (χ3v) is 2.84. The van der Waals surface area contributed by atoms with Gasteiger partial charge in [-0.25, -0.2) is 0 Å². The van der Waals surface area contributed by atoms with Gasteiger partial charge in [-0.1, -0.05) is 35.9 Å². The number of aryl methyl sites for hydroxylation is 1. The van der Waals surface area contributed by atoms with E-state index in [1.165, 1.54) is 21.9 Å². The highest BCUT2D eigenvalue weighted by molar-refractivity contribution is 5.83. The highest BCUT2D eigenvalue weighted by atomic mass is 16.5. The van der Waals surface area contributed by atoms with Crippen molar-refractivity contribution in [3.8, 4) is 0 Å². The van der Waals surface area contributed by atoms with Gasteiger partial charge in [0.1, 0.15) is 0 Å². The SMILES string of the molecule is COC(C)c1ccc2cc(C)ccc2c1. The number of rotatable bonds is 2. The van der Waals surface area contributed by atoms with Crippen LogP contribution in [-0.4, -0.2) is 7.11 Å². The predicted molar refractivity (Wildman–Crippen MR) is 64.1 cm³/mol. The van der Waals surface area contributed by atoms with E-state index in [0.717, 1.165) is 0 Å². The minimum Gasteiger partial charge on any atom is -0.377 e. The molecule has 0 bridgehead atoms. The number of benzene rings is 2. The van der Waals surface area contributed by atoms with E-state index in [0.29, 0.717) is 0 Å². The van der Waals surface area contributed by atoms with E-state index in [1.54, 1.807) is 7.11 Å². The summed E-state index contributed by atoms with van der Waals surface area (Å²) in [4.78, 5) is 0. The van der Waals surface area contributed by atoms with E-state index in [-0.39, 0.29) is 6.10 Å². The first-order valence-corrected chi connectivity index (χ1v) is 5.24. The second kappa shape index (κ2) is 4.03. The average Bonchev–Trinajstić information content (AvgIpc) is 2.27. The molecular formula is C14H16O. The van der Waals surface area contributed by atoms with Crippen LogP contribution in [0.4, 0.5) is 0 Å². The minimum absolute atomic E-state index is 0.163. The molecule has 2 aromatic rings. The van der Waals surface area contributed by atoms with Crippen LogP contribution in [0.1, 0.15) is 24.2 Å². The van der Waals surface area contributed by atoms with Crippen LogP contribution < -0.4 is 0 Å². The fourth-order valence-corrected chi connectivity index (χ4v) is 1.77. The van der Waals surface area contributed by atoms with Crippen LogP contribution in [0.3, 0.4) is 0 Å². The van der Waals surface area contributed by atoms with Crippen molar-refractivity contribution in [1.29, 1.82) is 0 Å². The van der Waals surface area contributed by atoms with Crippen LogP contribution in [0.2, 0.25) is 0 Å². The van der Waals surface area contributed by atoms with E-state index in [4.69, 9.17) is 4.74 Å². The van der Waals surface area contributed by atoms with Crippen molar-refractivity contribution >= 4 is 10.8 Å². The van der Waals surface area contributed by atoms with Crippen LogP contribution in [0.15, 0.2) is 36.4 Å². The number of hydrogen-bond acceptors (Lipinski definition) is 1. The van der Waals surface area contributed by atoms with Crippen molar-refractivity contribution in [3.05, 3.63) is 47.5 Å². The van der Waals surface area contributed by atoms with Crippen molar-refractivity contribution in [1.82, 2.24) is 0 Å². The first-order valence-electron chi connectivity index (χ1n) is 5.24. The summed E-state index contributed by atoms with van der Waals surface area (Å²) in [6, 6.07) is 13.0. The number of methoxy groups -OCH3 is 1. The standard InChI is InChI=1S/C14H16O/c1-10-4-5-14-9-12(11(2)15-3)6-7-13(14)8-10/h4-9,11H,1-3H3. The third-order valence-electron chi connectivity index (χ3n) is 2.84. The van der Waals surface area contributed by atoms with Crippen LogP contribution in [-0.2, 0) is 4.74 Å². The maximum atomic E-state index is 5.31. The summed E-state index contributed by atoms with van der Waals surface area (Å²) < 4.78 is 5.31. The maximum absolute atomic E-state index is 5.31. The fourth-order valence-electron chi connectivity index (χ4n) is 1.77. The Morgan fingerprint density at radius 1 is 1.00 bits per heavy atom. The van der Waals surface area contributed by atoms with E-state index in [2.05, 4.69) is 50.2 Å². The lowest BCUT2D eigenvalue weighted by Gasteiger charge is -2.10. The lowest BCUT2D eigenvalue weighted by atomic mass is 10.0. The second-order valence-electron chi connectivity index (χ2n) is 3.99. The van der Waals surface area contributed by atoms with E-state index in [9.17, 15) is 0 Å². The van der Waals surface area contributed by atoms with Gasteiger partial charge >= 0.3 is 0 Å². The normalized spacial score (nSPS) is 13.0. The molecule has 0 aromatic heterocycles. The Bertz CT molecular complexity index is 474. The summed E-state index contributed by atoms with van der Waals surface area (Å²) in [6.45, 7) is 4.18. The van der Waals surface area contributed by atoms with Gasteiger partial charge in [0.05, 0.1) is 6.10 Å². The van der Waals surface area contributed by atoms with Crippen LogP contribution in [0.5, 0.6) is 0 Å². The van der Waals surface area contributed by atoms with E-state index >= 15 is 0 Å².